The van der Waals surface area contributed by atoms with Crippen LogP contribution in [0.4, 0.5) is 0 Å². The van der Waals surface area contributed by atoms with Gasteiger partial charge in [0.05, 0.1) is 6.10 Å². The summed E-state index contributed by atoms with van der Waals surface area (Å²) in [5, 5.41) is 0. The maximum Gasteiger partial charge on any atom is 0.0631 e. The number of hydrogen-bond donors (Lipinski definition) is 0. The molecule has 0 N–H and O–H groups in total. The van der Waals surface area contributed by atoms with Crippen LogP contribution < -0.4 is 0 Å². The molecule has 0 radical (unpaired) electrons. The zero-order valence-corrected chi connectivity index (χ0v) is 17.3. The molecule has 2 nitrogen and oxygen atoms in total. The van der Waals surface area contributed by atoms with E-state index >= 15 is 0 Å². The molecule has 1 aromatic rings. The highest BCUT2D eigenvalue weighted by Crippen LogP contribution is 2.65. The third-order valence-electron chi connectivity index (χ3n) is 9.06. The Hall–Kier alpha value is -1.15. The summed E-state index contributed by atoms with van der Waals surface area (Å²) in [6.45, 7) is 8.35. The molecule has 2 heteroatoms. The van der Waals surface area contributed by atoms with Crippen molar-refractivity contribution in [2.45, 2.75) is 78.2 Å². The summed E-state index contributed by atoms with van der Waals surface area (Å²) in [6, 6.07) is 2.39. The zero-order valence-electron chi connectivity index (χ0n) is 17.3. The molecule has 1 saturated heterocycles. The van der Waals surface area contributed by atoms with E-state index in [2.05, 4.69) is 44.1 Å². The number of fused-ring (bicyclic) bond motifs is 5. The number of hydrogen-bond acceptors (Lipinski definition) is 2. The quantitative estimate of drug-likeness (QED) is 0.635. The van der Waals surface area contributed by atoms with E-state index in [4.69, 9.17) is 4.74 Å². The number of nitrogens with zero attached hydrogens (tertiary/aromatic N) is 1. The molecule has 6 atom stereocenters. The van der Waals surface area contributed by atoms with Gasteiger partial charge in [0.1, 0.15) is 0 Å². The van der Waals surface area contributed by atoms with E-state index in [0.717, 1.165) is 30.8 Å². The molecule has 3 fully saturated rings. The van der Waals surface area contributed by atoms with Gasteiger partial charge in [0.25, 0.3) is 0 Å². The van der Waals surface area contributed by atoms with Gasteiger partial charge in [-0.25, -0.2) is 0 Å². The Morgan fingerprint density at radius 2 is 2.00 bits per heavy atom. The highest BCUT2D eigenvalue weighted by atomic mass is 16.5. The van der Waals surface area contributed by atoms with Crippen molar-refractivity contribution in [3.05, 3.63) is 35.7 Å². The van der Waals surface area contributed by atoms with Gasteiger partial charge in [-0.2, -0.15) is 0 Å². The predicted octanol–water partition coefficient (Wildman–Crippen LogP) is 6.06. The Kier molecular flexibility index (Phi) is 4.27. The summed E-state index contributed by atoms with van der Waals surface area (Å²) in [5.74, 6) is 2.56. The molecule has 4 aliphatic rings. The summed E-state index contributed by atoms with van der Waals surface area (Å²) in [4.78, 5) is 4.56. The average Bonchev–Trinajstić information content (AvgIpc) is 3.05. The van der Waals surface area contributed by atoms with Crippen molar-refractivity contribution in [3.8, 4) is 0 Å². The van der Waals surface area contributed by atoms with Gasteiger partial charge in [-0.15, -0.1) is 0 Å². The first-order valence-corrected chi connectivity index (χ1v) is 11.3. The lowest BCUT2D eigenvalue weighted by Gasteiger charge is -2.59. The molecule has 1 aliphatic heterocycles. The van der Waals surface area contributed by atoms with Gasteiger partial charge in [0.15, 0.2) is 0 Å². The Bertz CT molecular complexity index is 754. The Morgan fingerprint density at radius 1 is 1.11 bits per heavy atom. The van der Waals surface area contributed by atoms with Crippen LogP contribution in [-0.4, -0.2) is 17.7 Å². The van der Waals surface area contributed by atoms with Crippen LogP contribution in [0.5, 0.6) is 0 Å². The van der Waals surface area contributed by atoms with Gasteiger partial charge in [-0.3, -0.25) is 4.98 Å². The van der Waals surface area contributed by atoms with Crippen LogP contribution in [0.3, 0.4) is 0 Å². The van der Waals surface area contributed by atoms with Crippen molar-refractivity contribution < 1.29 is 4.74 Å². The molecule has 0 aromatic carbocycles. The molecule has 0 amide bonds. The molecule has 2 heterocycles. The summed E-state index contributed by atoms with van der Waals surface area (Å²) < 4.78 is 6.27. The molecule has 146 valence electrons. The van der Waals surface area contributed by atoms with Crippen molar-refractivity contribution in [3.63, 3.8) is 0 Å². The highest BCUT2D eigenvalue weighted by Gasteiger charge is 2.58. The lowest BCUT2D eigenvalue weighted by molar-refractivity contribution is -0.168. The summed E-state index contributed by atoms with van der Waals surface area (Å²) in [6.07, 6.45) is 17.6. The number of allylic oxidation sites excluding steroid dienone is 2. The van der Waals surface area contributed by atoms with E-state index in [1.54, 1.807) is 5.57 Å². The van der Waals surface area contributed by atoms with Gasteiger partial charge >= 0.3 is 0 Å². The molecule has 0 bridgehead atoms. The Labute approximate surface area is 164 Å². The second-order valence-corrected chi connectivity index (χ2v) is 10.2. The number of aryl methyl sites for hydroxylation is 1. The monoisotopic (exact) mass is 365 g/mol. The minimum atomic E-state index is 0.341. The number of aromatic nitrogens is 1. The molecule has 5 rings (SSSR count). The minimum Gasteiger partial charge on any atom is -0.378 e. The van der Waals surface area contributed by atoms with Gasteiger partial charge in [0.2, 0.25) is 0 Å². The van der Waals surface area contributed by atoms with Crippen LogP contribution in [0, 0.1) is 28.6 Å². The van der Waals surface area contributed by atoms with E-state index in [1.165, 1.54) is 56.1 Å². The zero-order chi connectivity index (χ0) is 18.6. The minimum absolute atomic E-state index is 0.341. The van der Waals surface area contributed by atoms with Crippen molar-refractivity contribution in [1.29, 1.82) is 0 Å². The van der Waals surface area contributed by atoms with Crippen LogP contribution in [0.2, 0.25) is 0 Å². The van der Waals surface area contributed by atoms with Crippen LogP contribution in [0.15, 0.2) is 24.5 Å². The smallest absolute Gasteiger partial charge is 0.0631 e. The topological polar surface area (TPSA) is 22.1 Å². The third kappa shape index (κ3) is 2.58. The highest BCUT2D eigenvalue weighted by molar-refractivity contribution is 5.72. The second kappa shape index (κ2) is 6.44. The van der Waals surface area contributed by atoms with Crippen molar-refractivity contribution in [1.82, 2.24) is 4.98 Å². The standard InChI is InChI=1S/C25H35NO/c1-4-17-14-18(16-26-15-17)20-7-8-21-19-6-9-23-25(3,11-5-13-27-23)22(19)10-12-24(20,21)2/h7,14-16,19,21-23H,4-6,8-13H2,1-3H3/t19-,21-,22-,23-,24+,25?/m0/s1. The maximum atomic E-state index is 6.27. The first-order chi connectivity index (χ1) is 13.1. The van der Waals surface area contributed by atoms with E-state index in [1.807, 2.05) is 6.20 Å². The van der Waals surface area contributed by atoms with E-state index in [-0.39, 0.29) is 0 Å². The fourth-order valence-corrected chi connectivity index (χ4v) is 7.56. The fourth-order valence-electron chi connectivity index (χ4n) is 7.56. The first-order valence-electron chi connectivity index (χ1n) is 11.3. The van der Waals surface area contributed by atoms with Gasteiger partial charge in [-0.1, -0.05) is 26.8 Å². The SMILES string of the molecule is CCc1cncc(C2=CC[C@H]3[C@@H]4CC[C@@H]5OCCCC5(C)[C@H]4CC[C@]23C)c1. The average molecular weight is 366 g/mol. The second-order valence-electron chi connectivity index (χ2n) is 10.2. The van der Waals surface area contributed by atoms with Crippen molar-refractivity contribution >= 4 is 5.57 Å². The summed E-state index contributed by atoms with van der Waals surface area (Å²) in [5.41, 5.74) is 5.11. The van der Waals surface area contributed by atoms with Crippen molar-refractivity contribution in [2.24, 2.45) is 28.6 Å². The fraction of sp³-hybridized carbons (Fsp3) is 0.720. The largest absolute Gasteiger partial charge is 0.378 e. The van der Waals surface area contributed by atoms with E-state index in [9.17, 15) is 0 Å². The van der Waals surface area contributed by atoms with Gasteiger partial charge in [-0.05, 0) is 103 Å². The normalized spacial score (nSPS) is 43.4. The van der Waals surface area contributed by atoms with E-state index in [0.29, 0.717) is 16.9 Å². The molecule has 0 spiro atoms. The van der Waals surface area contributed by atoms with Gasteiger partial charge < -0.3 is 4.74 Å². The number of rotatable bonds is 2. The molecule has 2 saturated carbocycles. The predicted molar refractivity (Wildman–Crippen MR) is 110 cm³/mol. The van der Waals surface area contributed by atoms with Crippen LogP contribution >= 0.6 is 0 Å². The molecule has 1 aromatic heterocycles. The molecule has 3 aliphatic carbocycles. The third-order valence-corrected chi connectivity index (χ3v) is 9.06. The molecular formula is C25H35NO. The lowest BCUT2D eigenvalue weighted by atomic mass is 9.47. The Morgan fingerprint density at radius 3 is 2.85 bits per heavy atom. The summed E-state index contributed by atoms with van der Waals surface area (Å²) >= 11 is 0. The van der Waals surface area contributed by atoms with Crippen LogP contribution in [0.1, 0.15) is 76.8 Å². The maximum absolute atomic E-state index is 6.27. The van der Waals surface area contributed by atoms with Gasteiger partial charge in [0, 0.05) is 19.0 Å². The first kappa shape index (κ1) is 17.9. The summed E-state index contributed by atoms with van der Waals surface area (Å²) in [7, 11) is 0. The Balaban J connectivity index is 1.45. The van der Waals surface area contributed by atoms with Crippen LogP contribution in [0.25, 0.3) is 5.57 Å². The molecular weight excluding hydrogens is 330 g/mol. The van der Waals surface area contributed by atoms with E-state index < -0.39 is 0 Å². The number of ether oxygens (including phenoxy) is 1. The molecule has 27 heavy (non-hydrogen) atoms. The molecule has 1 unspecified atom stereocenters. The van der Waals surface area contributed by atoms with Crippen LogP contribution in [-0.2, 0) is 11.2 Å². The van der Waals surface area contributed by atoms with Crippen molar-refractivity contribution in [2.75, 3.05) is 6.61 Å². The number of pyridine rings is 1. The lowest BCUT2D eigenvalue weighted by Crippen LogP contribution is -2.55.